The molecule has 0 atom stereocenters. The van der Waals surface area contributed by atoms with Gasteiger partial charge in [-0.15, -0.1) is 0 Å². The average molecular weight is 268 g/mol. The predicted octanol–water partition coefficient (Wildman–Crippen LogP) is 6.50. The molecule has 1 aliphatic rings. The first-order chi connectivity index (χ1) is 9.27. The summed E-state index contributed by atoms with van der Waals surface area (Å²) in [5.41, 5.74) is 5.25. The molecule has 0 saturated carbocycles. The molecule has 0 saturated heterocycles. The molecule has 0 radical (unpaired) electrons. The van der Waals surface area contributed by atoms with Gasteiger partial charge in [0.25, 0.3) is 0 Å². The topological polar surface area (TPSA) is 0 Å². The minimum atomic E-state index is 0. The van der Waals surface area contributed by atoms with Crippen molar-refractivity contribution in [2.45, 2.75) is 41.5 Å². The molecule has 0 aliphatic heterocycles. The van der Waals surface area contributed by atoms with E-state index >= 15 is 0 Å². The van der Waals surface area contributed by atoms with E-state index in [0.717, 1.165) is 6.42 Å². The van der Waals surface area contributed by atoms with E-state index in [1.165, 1.54) is 22.3 Å². The second-order valence-corrected chi connectivity index (χ2v) is 4.36. The Balaban J connectivity index is 0.00000115. The van der Waals surface area contributed by atoms with Crippen molar-refractivity contribution in [2.24, 2.45) is 0 Å². The Morgan fingerprint density at radius 2 is 1.70 bits per heavy atom. The first kappa shape index (κ1) is 18.2. The molecule has 1 aromatic rings. The van der Waals surface area contributed by atoms with Crippen LogP contribution in [0.15, 0.2) is 65.8 Å². The molecule has 0 spiro atoms. The summed E-state index contributed by atoms with van der Waals surface area (Å²) in [5, 5.41) is 0. The predicted molar refractivity (Wildman–Crippen MR) is 93.9 cm³/mol. The SMILES string of the molecule is C.CC.CC1=CC=CCC=C1/C=C\c1ccccc1C. The third kappa shape index (κ3) is 5.44. The molecule has 1 aliphatic carbocycles. The maximum atomic E-state index is 2.27. The fourth-order valence-electron chi connectivity index (χ4n) is 1.90. The van der Waals surface area contributed by atoms with Crippen LogP contribution < -0.4 is 0 Å². The third-order valence-electron chi connectivity index (χ3n) is 3.04. The lowest BCUT2D eigenvalue weighted by molar-refractivity contribution is 1.35. The van der Waals surface area contributed by atoms with Gasteiger partial charge in [0.2, 0.25) is 0 Å². The molecule has 0 aromatic heterocycles. The number of hydrogen-bond acceptors (Lipinski definition) is 0. The Morgan fingerprint density at radius 3 is 2.40 bits per heavy atom. The van der Waals surface area contributed by atoms with Crippen LogP contribution in [0.5, 0.6) is 0 Å². The lowest BCUT2D eigenvalue weighted by Gasteiger charge is -2.02. The molecule has 0 heterocycles. The summed E-state index contributed by atoms with van der Waals surface area (Å²) < 4.78 is 0. The molecule has 0 heteroatoms. The quantitative estimate of drug-likeness (QED) is 0.574. The van der Waals surface area contributed by atoms with Crippen molar-refractivity contribution in [1.82, 2.24) is 0 Å². The summed E-state index contributed by atoms with van der Waals surface area (Å²) >= 11 is 0. The monoisotopic (exact) mass is 268 g/mol. The van der Waals surface area contributed by atoms with E-state index in [2.05, 4.69) is 74.6 Å². The highest BCUT2D eigenvalue weighted by Crippen LogP contribution is 2.18. The summed E-state index contributed by atoms with van der Waals surface area (Å²) in [4.78, 5) is 0. The van der Waals surface area contributed by atoms with Crippen molar-refractivity contribution in [3.8, 4) is 0 Å². The highest BCUT2D eigenvalue weighted by atomic mass is 14.0. The Kier molecular flexibility index (Phi) is 9.11. The van der Waals surface area contributed by atoms with Gasteiger partial charge >= 0.3 is 0 Å². The number of hydrogen-bond donors (Lipinski definition) is 0. The summed E-state index contributed by atoms with van der Waals surface area (Å²) in [7, 11) is 0. The molecular weight excluding hydrogens is 240 g/mol. The van der Waals surface area contributed by atoms with Crippen LogP contribution in [0.2, 0.25) is 0 Å². The zero-order valence-corrected chi connectivity index (χ0v) is 12.5. The molecule has 0 N–H and O–H groups in total. The molecule has 0 unspecified atom stereocenters. The van der Waals surface area contributed by atoms with Gasteiger partial charge in [-0.25, -0.2) is 0 Å². The molecule has 2 rings (SSSR count). The van der Waals surface area contributed by atoms with Gasteiger partial charge in [0.05, 0.1) is 0 Å². The van der Waals surface area contributed by atoms with Crippen LogP contribution in [-0.4, -0.2) is 0 Å². The van der Waals surface area contributed by atoms with Crippen LogP contribution in [0.25, 0.3) is 6.08 Å². The summed E-state index contributed by atoms with van der Waals surface area (Å²) in [6, 6.07) is 8.46. The maximum Gasteiger partial charge on any atom is -0.0157 e. The van der Waals surface area contributed by atoms with Crippen LogP contribution in [-0.2, 0) is 0 Å². The highest BCUT2D eigenvalue weighted by Gasteiger charge is 1.97. The largest absolute Gasteiger partial charge is 0.0807 e. The van der Waals surface area contributed by atoms with Gasteiger partial charge in [0, 0.05) is 0 Å². The second kappa shape index (κ2) is 10.0. The second-order valence-electron chi connectivity index (χ2n) is 4.36. The van der Waals surface area contributed by atoms with Crippen LogP contribution >= 0.6 is 0 Å². The van der Waals surface area contributed by atoms with Crippen molar-refractivity contribution >= 4 is 6.08 Å². The lowest BCUT2D eigenvalue weighted by atomic mass is 10.0. The van der Waals surface area contributed by atoms with E-state index in [1.807, 2.05) is 13.8 Å². The number of allylic oxidation sites excluding steroid dienone is 7. The zero-order valence-electron chi connectivity index (χ0n) is 12.5. The summed E-state index contributed by atoms with van der Waals surface area (Å²) in [5.74, 6) is 0. The molecule has 0 bridgehead atoms. The molecular formula is C20H28. The molecule has 20 heavy (non-hydrogen) atoms. The van der Waals surface area contributed by atoms with Crippen LogP contribution in [0, 0.1) is 6.92 Å². The standard InChI is InChI=1S/C17H18.C2H6.CH4/c1-14-8-4-3-5-10-16(14)12-13-17-11-7-6-9-15(17)2;1-2;/h3-4,6-13H,5H2,1-2H3;1-2H3;1H4/b13-12-;;. The van der Waals surface area contributed by atoms with E-state index in [9.17, 15) is 0 Å². The van der Waals surface area contributed by atoms with E-state index in [1.54, 1.807) is 0 Å². The van der Waals surface area contributed by atoms with Crippen molar-refractivity contribution in [3.63, 3.8) is 0 Å². The van der Waals surface area contributed by atoms with Gasteiger partial charge in [-0.05, 0) is 42.5 Å². The summed E-state index contributed by atoms with van der Waals surface area (Å²) in [6.07, 6.45) is 14.2. The fourth-order valence-corrected chi connectivity index (χ4v) is 1.90. The Hall–Kier alpha value is -1.82. The van der Waals surface area contributed by atoms with Gasteiger partial charge in [-0.2, -0.15) is 0 Å². The van der Waals surface area contributed by atoms with Crippen molar-refractivity contribution in [3.05, 3.63) is 76.9 Å². The molecule has 0 nitrogen and oxygen atoms in total. The minimum Gasteiger partial charge on any atom is -0.0807 e. The van der Waals surface area contributed by atoms with Crippen molar-refractivity contribution < 1.29 is 0 Å². The Morgan fingerprint density at radius 1 is 1.00 bits per heavy atom. The van der Waals surface area contributed by atoms with Crippen molar-refractivity contribution in [2.75, 3.05) is 0 Å². The minimum absolute atomic E-state index is 0. The molecule has 0 fully saturated rings. The van der Waals surface area contributed by atoms with Gasteiger partial charge in [-0.3, -0.25) is 0 Å². The number of rotatable bonds is 2. The molecule has 108 valence electrons. The zero-order chi connectivity index (χ0) is 14.1. The first-order valence-electron chi connectivity index (χ1n) is 7.05. The highest BCUT2D eigenvalue weighted by molar-refractivity contribution is 5.59. The third-order valence-corrected chi connectivity index (χ3v) is 3.04. The average Bonchev–Trinajstić information content (AvgIpc) is 2.65. The normalized spacial score (nSPS) is 13.6. The van der Waals surface area contributed by atoms with E-state index in [-0.39, 0.29) is 7.43 Å². The maximum absolute atomic E-state index is 2.27. The van der Waals surface area contributed by atoms with Gasteiger partial charge in [-0.1, -0.05) is 82.0 Å². The van der Waals surface area contributed by atoms with E-state index in [4.69, 9.17) is 0 Å². The Labute approximate surface area is 125 Å². The molecule has 0 amide bonds. The smallest absolute Gasteiger partial charge is 0.0157 e. The van der Waals surface area contributed by atoms with E-state index in [0.29, 0.717) is 0 Å². The van der Waals surface area contributed by atoms with Gasteiger partial charge < -0.3 is 0 Å². The van der Waals surface area contributed by atoms with Crippen molar-refractivity contribution in [1.29, 1.82) is 0 Å². The number of aryl methyl sites for hydroxylation is 1. The van der Waals surface area contributed by atoms with Crippen LogP contribution in [0.4, 0.5) is 0 Å². The first-order valence-corrected chi connectivity index (χ1v) is 7.05. The van der Waals surface area contributed by atoms with Gasteiger partial charge in [0.1, 0.15) is 0 Å². The van der Waals surface area contributed by atoms with Gasteiger partial charge in [0.15, 0.2) is 0 Å². The lowest BCUT2D eigenvalue weighted by Crippen LogP contribution is -1.82. The van der Waals surface area contributed by atoms with Crippen LogP contribution in [0.1, 0.15) is 45.7 Å². The van der Waals surface area contributed by atoms with Crippen LogP contribution in [0.3, 0.4) is 0 Å². The van der Waals surface area contributed by atoms with E-state index < -0.39 is 0 Å². The summed E-state index contributed by atoms with van der Waals surface area (Å²) in [6.45, 7) is 8.30. The fraction of sp³-hybridized carbons (Fsp3) is 0.300. The molecule has 1 aromatic carbocycles. The number of benzene rings is 1. The Bertz CT molecular complexity index is 511.